The minimum Gasteiger partial charge on any atom is -0.379 e. The highest BCUT2D eigenvalue weighted by atomic mass is 127. The highest BCUT2D eigenvalue weighted by molar-refractivity contribution is 14.1. The molecular weight excluding hydrogens is 461 g/mol. The number of carbonyl (C=O) groups is 1. The van der Waals surface area contributed by atoms with Gasteiger partial charge in [0.25, 0.3) is 5.91 Å². The van der Waals surface area contributed by atoms with E-state index in [4.69, 9.17) is 17.0 Å². The van der Waals surface area contributed by atoms with Crippen molar-refractivity contribution in [1.82, 2.24) is 10.2 Å². The number of rotatable bonds is 4. The van der Waals surface area contributed by atoms with E-state index >= 15 is 0 Å². The molecule has 0 aliphatic carbocycles. The van der Waals surface area contributed by atoms with Gasteiger partial charge >= 0.3 is 0 Å². The zero-order valence-electron chi connectivity index (χ0n) is 14.2. The summed E-state index contributed by atoms with van der Waals surface area (Å²) in [4.78, 5) is 14.6. The van der Waals surface area contributed by atoms with Crippen molar-refractivity contribution in [3.8, 4) is 0 Å². The second-order valence-corrected chi connectivity index (χ2v) is 7.66. The molecule has 2 aromatic carbocycles. The minimum atomic E-state index is -0.218. The average Bonchev–Trinajstić information content (AvgIpc) is 2.64. The minimum absolute atomic E-state index is 0.218. The molecule has 3 rings (SSSR count). The van der Waals surface area contributed by atoms with Crippen molar-refractivity contribution in [1.29, 1.82) is 0 Å². The van der Waals surface area contributed by atoms with Gasteiger partial charge in [-0.15, -0.1) is 0 Å². The van der Waals surface area contributed by atoms with E-state index in [1.807, 2.05) is 30.3 Å². The number of anilines is 1. The molecular formula is C19H20IN3O2S. The molecule has 0 aromatic heterocycles. The van der Waals surface area contributed by atoms with E-state index in [0.29, 0.717) is 5.56 Å². The predicted molar refractivity (Wildman–Crippen MR) is 115 cm³/mol. The molecule has 1 aliphatic rings. The fourth-order valence-corrected chi connectivity index (χ4v) is 3.43. The summed E-state index contributed by atoms with van der Waals surface area (Å²) in [7, 11) is 0. The first-order valence-electron chi connectivity index (χ1n) is 8.37. The maximum Gasteiger partial charge on any atom is 0.257 e. The van der Waals surface area contributed by atoms with Crippen molar-refractivity contribution < 1.29 is 9.53 Å². The van der Waals surface area contributed by atoms with Gasteiger partial charge in [-0.1, -0.05) is 18.2 Å². The maximum absolute atomic E-state index is 12.2. The van der Waals surface area contributed by atoms with E-state index in [0.717, 1.165) is 42.1 Å². The summed E-state index contributed by atoms with van der Waals surface area (Å²) in [5, 5.41) is 6.05. The Bertz CT molecular complexity index is 777. The second-order valence-electron chi connectivity index (χ2n) is 6.00. The Balaban J connectivity index is 1.51. The summed E-state index contributed by atoms with van der Waals surface area (Å²) in [6, 6.07) is 15.5. The lowest BCUT2D eigenvalue weighted by atomic mass is 10.2. The first-order valence-corrected chi connectivity index (χ1v) is 9.86. The van der Waals surface area contributed by atoms with Gasteiger partial charge in [-0.3, -0.25) is 15.0 Å². The van der Waals surface area contributed by atoms with Gasteiger partial charge in [0.2, 0.25) is 0 Å². The molecule has 0 spiro atoms. The van der Waals surface area contributed by atoms with Crippen LogP contribution in [0.25, 0.3) is 0 Å². The van der Waals surface area contributed by atoms with Crippen LogP contribution in [0.2, 0.25) is 0 Å². The van der Waals surface area contributed by atoms with Crippen molar-refractivity contribution in [2.75, 3.05) is 31.6 Å². The number of hydrogen-bond acceptors (Lipinski definition) is 4. The number of ether oxygens (including phenoxy) is 1. The van der Waals surface area contributed by atoms with E-state index < -0.39 is 0 Å². The third-order valence-corrected chi connectivity index (χ3v) is 4.91. The van der Waals surface area contributed by atoms with Crippen LogP contribution in [0.5, 0.6) is 0 Å². The molecule has 1 saturated heterocycles. The maximum atomic E-state index is 12.2. The molecule has 26 heavy (non-hydrogen) atoms. The summed E-state index contributed by atoms with van der Waals surface area (Å²) in [5.74, 6) is -0.218. The quantitative estimate of drug-likeness (QED) is 0.519. The summed E-state index contributed by atoms with van der Waals surface area (Å²) in [6.45, 7) is 4.45. The molecule has 136 valence electrons. The number of benzene rings is 2. The number of nitrogens with zero attached hydrogens (tertiary/aromatic N) is 1. The van der Waals surface area contributed by atoms with E-state index in [2.05, 4.69) is 50.3 Å². The van der Waals surface area contributed by atoms with Crippen LogP contribution in [0.4, 0.5) is 5.69 Å². The van der Waals surface area contributed by atoms with Gasteiger partial charge in [-0.2, -0.15) is 0 Å². The Morgan fingerprint density at radius 2 is 1.88 bits per heavy atom. The van der Waals surface area contributed by atoms with E-state index in [1.165, 1.54) is 5.56 Å². The zero-order valence-corrected chi connectivity index (χ0v) is 17.2. The van der Waals surface area contributed by atoms with Crippen molar-refractivity contribution in [3.63, 3.8) is 0 Å². The van der Waals surface area contributed by atoms with Gasteiger partial charge < -0.3 is 10.1 Å². The summed E-state index contributed by atoms with van der Waals surface area (Å²) in [6.07, 6.45) is 0. The highest BCUT2D eigenvalue weighted by Gasteiger charge is 2.11. The standard InChI is InChI=1S/C19H20IN3O2S/c20-16-3-1-2-15(12-16)18(24)22-19(26)21-17-6-4-14(5-7-17)13-23-8-10-25-11-9-23/h1-7,12H,8-11,13H2,(H2,21,22,24,26). The lowest BCUT2D eigenvalue weighted by molar-refractivity contribution is 0.0342. The van der Waals surface area contributed by atoms with E-state index in [9.17, 15) is 4.79 Å². The van der Waals surface area contributed by atoms with Crippen LogP contribution in [0.3, 0.4) is 0 Å². The smallest absolute Gasteiger partial charge is 0.257 e. The largest absolute Gasteiger partial charge is 0.379 e. The SMILES string of the molecule is O=C(NC(=S)Nc1ccc(CN2CCOCC2)cc1)c1cccc(I)c1. The Kier molecular flexibility index (Phi) is 6.95. The number of amides is 1. The monoisotopic (exact) mass is 481 g/mol. The topological polar surface area (TPSA) is 53.6 Å². The number of nitrogens with one attached hydrogen (secondary N) is 2. The Hall–Kier alpha value is -1.55. The lowest BCUT2D eigenvalue weighted by Gasteiger charge is -2.26. The summed E-state index contributed by atoms with van der Waals surface area (Å²) >= 11 is 7.42. The Labute approximate surface area is 172 Å². The fraction of sp³-hybridized carbons (Fsp3) is 0.263. The molecule has 0 atom stereocenters. The van der Waals surface area contributed by atoms with Crippen molar-refractivity contribution in [2.45, 2.75) is 6.54 Å². The lowest BCUT2D eigenvalue weighted by Crippen LogP contribution is -2.35. The third kappa shape index (κ3) is 5.73. The normalized spacial score (nSPS) is 14.7. The van der Waals surface area contributed by atoms with Crippen LogP contribution in [0.1, 0.15) is 15.9 Å². The van der Waals surface area contributed by atoms with Crippen molar-refractivity contribution in [3.05, 3.63) is 63.2 Å². The Morgan fingerprint density at radius 3 is 2.58 bits per heavy atom. The van der Waals surface area contributed by atoms with Crippen molar-refractivity contribution >= 4 is 51.5 Å². The van der Waals surface area contributed by atoms with E-state index in [-0.39, 0.29) is 11.0 Å². The summed E-state index contributed by atoms with van der Waals surface area (Å²) in [5.41, 5.74) is 2.68. The number of hydrogen-bond donors (Lipinski definition) is 2. The Morgan fingerprint density at radius 1 is 1.15 bits per heavy atom. The number of morpholine rings is 1. The molecule has 1 heterocycles. The van der Waals surface area contributed by atoms with Crippen LogP contribution in [-0.4, -0.2) is 42.2 Å². The van der Waals surface area contributed by atoms with E-state index in [1.54, 1.807) is 6.07 Å². The first kappa shape index (κ1) is 19.2. The molecule has 7 heteroatoms. The molecule has 2 aromatic rings. The van der Waals surface area contributed by atoms with Crippen molar-refractivity contribution in [2.24, 2.45) is 0 Å². The first-order chi connectivity index (χ1) is 12.6. The molecule has 2 N–H and O–H groups in total. The number of halogens is 1. The molecule has 1 amide bonds. The van der Waals surface area contributed by atoms with Crippen LogP contribution in [0, 0.1) is 3.57 Å². The predicted octanol–water partition coefficient (Wildman–Crippen LogP) is 3.25. The summed E-state index contributed by atoms with van der Waals surface area (Å²) < 4.78 is 6.37. The molecule has 0 radical (unpaired) electrons. The van der Waals surface area contributed by atoms with Crippen LogP contribution >= 0.6 is 34.8 Å². The fourth-order valence-electron chi connectivity index (χ4n) is 2.68. The van der Waals surface area contributed by atoms with Gasteiger partial charge in [0.05, 0.1) is 13.2 Å². The van der Waals surface area contributed by atoms with Crippen LogP contribution in [-0.2, 0) is 11.3 Å². The van der Waals surface area contributed by atoms with Gasteiger partial charge in [-0.25, -0.2) is 0 Å². The van der Waals surface area contributed by atoms with Crippen LogP contribution < -0.4 is 10.6 Å². The molecule has 0 saturated carbocycles. The molecule has 1 fully saturated rings. The van der Waals surface area contributed by atoms with Gasteiger partial charge in [0, 0.05) is 34.5 Å². The second kappa shape index (κ2) is 9.40. The highest BCUT2D eigenvalue weighted by Crippen LogP contribution is 2.13. The molecule has 0 unspecified atom stereocenters. The molecule has 0 bridgehead atoms. The average molecular weight is 481 g/mol. The molecule has 5 nitrogen and oxygen atoms in total. The molecule has 1 aliphatic heterocycles. The number of thiocarbonyl (C=S) groups is 1. The zero-order chi connectivity index (χ0) is 18.4. The van der Waals surface area contributed by atoms with Gasteiger partial charge in [0.1, 0.15) is 0 Å². The van der Waals surface area contributed by atoms with Gasteiger partial charge in [0.15, 0.2) is 5.11 Å². The van der Waals surface area contributed by atoms with Gasteiger partial charge in [-0.05, 0) is 70.7 Å². The van der Waals surface area contributed by atoms with Crippen LogP contribution in [0.15, 0.2) is 48.5 Å². The number of carbonyl (C=O) groups excluding carboxylic acids is 1. The third-order valence-electron chi connectivity index (χ3n) is 4.04.